The second kappa shape index (κ2) is 6.61. The minimum absolute atomic E-state index is 0.133. The summed E-state index contributed by atoms with van der Waals surface area (Å²) < 4.78 is 0. The molecule has 1 atom stereocenters. The lowest BCUT2D eigenvalue weighted by Crippen LogP contribution is -2.21. The van der Waals surface area contributed by atoms with E-state index in [1.165, 1.54) is 0 Å². The topological polar surface area (TPSA) is 55.7 Å². The Morgan fingerprint density at radius 1 is 1.20 bits per heavy atom. The number of rotatable bonds is 4. The normalized spacial score (nSPS) is 17.9. The first-order valence-corrected chi connectivity index (χ1v) is 6.37. The summed E-state index contributed by atoms with van der Waals surface area (Å²) in [6.45, 7) is 1.55. The van der Waals surface area contributed by atoms with Gasteiger partial charge in [-0.3, -0.25) is 4.79 Å². The lowest BCUT2D eigenvalue weighted by molar-refractivity contribution is -0.115. The van der Waals surface area contributed by atoms with E-state index in [4.69, 9.17) is 4.84 Å². The van der Waals surface area contributed by atoms with Crippen LogP contribution in [0.4, 0.5) is 0 Å². The van der Waals surface area contributed by atoms with Crippen LogP contribution in [0.5, 0.6) is 0 Å². The Bertz CT molecular complexity index is 585. The van der Waals surface area contributed by atoms with Gasteiger partial charge < -0.3 is 4.84 Å². The fraction of sp³-hybridized carbons (Fsp3) is 0.188. The van der Waals surface area contributed by atoms with Crippen LogP contribution in [0.2, 0.25) is 0 Å². The molecule has 20 heavy (non-hydrogen) atoms. The van der Waals surface area contributed by atoms with Crippen LogP contribution in [-0.2, 0) is 9.63 Å². The molecule has 1 aliphatic carbocycles. The summed E-state index contributed by atoms with van der Waals surface area (Å²) in [4.78, 5) is 28.5. The quantitative estimate of drug-likeness (QED) is 0.480. The molecule has 1 aliphatic rings. The van der Waals surface area contributed by atoms with Crippen molar-refractivity contribution in [2.24, 2.45) is 11.1 Å². The summed E-state index contributed by atoms with van der Waals surface area (Å²) in [5.74, 6) is -0.928. The van der Waals surface area contributed by atoms with Crippen molar-refractivity contribution in [2.75, 3.05) is 0 Å². The molecule has 0 spiro atoms. The lowest BCUT2D eigenvalue weighted by Gasteiger charge is -2.10. The SMILES string of the molecule is C/C(=N\OC(=O)c1ccccc1)C(=O)C1C=CC=CC1. The van der Waals surface area contributed by atoms with Crippen LogP contribution < -0.4 is 0 Å². The summed E-state index contributed by atoms with van der Waals surface area (Å²) in [5, 5.41) is 3.64. The van der Waals surface area contributed by atoms with Crippen LogP contribution in [0.15, 0.2) is 59.8 Å². The van der Waals surface area contributed by atoms with Gasteiger partial charge in [-0.25, -0.2) is 4.79 Å². The molecule has 0 aliphatic heterocycles. The van der Waals surface area contributed by atoms with E-state index in [0.29, 0.717) is 12.0 Å². The van der Waals surface area contributed by atoms with Crippen LogP contribution in [-0.4, -0.2) is 17.5 Å². The van der Waals surface area contributed by atoms with Crippen molar-refractivity contribution in [1.29, 1.82) is 0 Å². The van der Waals surface area contributed by atoms with Crippen LogP contribution in [0.25, 0.3) is 0 Å². The van der Waals surface area contributed by atoms with Crippen LogP contribution in [0, 0.1) is 5.92 Å². The van der Waals surface area contributed by atoms with Gasteiger partial charge in [-0.2, -0.15) is 0 Å². The Balaban J connectivity index is 1.97. The van der Waals surface area contributed by atoms with Crippen molar-refractivity contribution in [3.8, 4) is 0 Å². The lowest BCUT2D eigenvalue weighted by atomic mass is 9.94. The first kappa shape index (κ1) is 13.9. The highest BCUT2D eigenvalue weighted by atomic mass is 16.7. The molecule has 1 aromatic rings. The van der Waals surface area contributed by atoms with Crippen molar-refractivity contribution < 1.29 is 14.4 Å². The van der Waals surface area contributed by atoms with Gasteiger partial charge in [0.1, 0.15) is 5.71 Å². The summed E-state index contributed by atoms with van der Waals surface area (Å²) in [6.07, 6.45) is 8.11. The van der Waals surface area contributed by atoms with Gasteiger partial charge in [-0.05, 0) is 25.5 Å². The number of allylic oxidation sites excluding steroid dienone is 4. The Morgan fingerprint density at radius 2 is 1.95 bits per heavy atom. The molecule has 0 fully saturated rings. The second-order valence-electron chi connectivity index (χ2n) is 4.44. The average molecular weight is 269 g/mol. The van der Waals surface area contributed by atoms with Crippen molar-refractivity contribution in [3.05, 3.63) is 60.2 Å². The van der Waals surface area contributed by atoms with Crippen LogP contribution in [0.3, 0.4) is 0 Å². The number of Topliss-reactive ketones (excluding diaryl/α,β-unsaturated/α-hetero) is 1. The maximum Gasteiger partial charge on any atom is 0.365 e. The molecule has 1 aromatic carbocycles. The molecule has 0 saturated carbocycles. The minimum Gasteiger partial charge on any atom is -0.312 e. The molecular formula is C16H15NO3. The molecule has 0 N–H and O–H groups in total. The molecule has 4 heteroatoms. The number of ketones is 1. The number of carbonyl (C=O) groups excluding carboxylic acids is 2. The van der Waals surface area contributed by atoms with E-state index < -0.39 is 5.97 Å². The van der Waals surface area contributed by atoms with Gasteiger partial charge in [0.15, 0.2) is 5.78 Å². The first-order valence-electron chi connectivity index (χ1n) is 6.37. The third kappa shape index (κ3) is 3.51. The van der Waals surface area contributed by atoms with E-state index in [1.807, 2.05) is 24.3 Å². The average Bonchev–Trinajstić information content (AvgIpc) is 2.53. The van der Waals surface area contributed by atoms with E-state index in [0.717, 1.165) is 0 Å². The number of benzene rings is 1. The largest absolute Gasteiger partial charge is 0.365 e. The van der Waals surface area contributed by atoms with Gasteiger partial charge in [0.2, 0.25) is 0 Å². The number of nitrogens with zero attached hydrogens (tertiary/aromatic N) is 1. The molecule has 0 amide bonds. The Morgan fingerprint density at radius 3 is 2.60 bits per heavy atom. The molecule has 0 heterocycles. The number of oxime groups is 1. The number of hydrogen-bond acceptors (Lipinski definition) is 4. The van der Waals surface area contributed by atoms with Crippen LogP contribution >= 0.6 is 0 Å². The third-order valence-corrected chi connectivity index (χ3v) is 2.95. The highest BCUT2D eigenvalue weighted by molar-refractivity contribution is 6.40. The number of hydrogen-bond donors (Lipinski definition) is 0. The first-order chi connectivity index (χ1) is 9.68. The maximum absolute atomic E-state index is 12.0. The number of carbonyl (C=O) groups is 2. The molecule has 1 unspecified atom stereocenters. The molecule has 2 rings (SSSR count). The predicted octanol–water partition coefficient (Wildman–Crippen LogP) is 2.92. The van der Waals surface area contributed by atoms with Crippen molar-refractivity contribution in [2.45, 2.75) is 13.3 Å². The highest BCUT2D eigenvalue weighted by Crippen LogP contribution is 2.13. The van der Waals surface area contributed by atoms with E-state index >= 15 is 0 Å². The minimum atomic E-state index is -0.572. The van der Waals surface area contributed by atoms with Crippen LogP contribution in [0.1, 0.15) is 23.7 Å². The van der Waals surface area contributed by atoms with E-state index in [2.05, 4.69) is 5.16 Å². The molecular weight excluding hydrogens is 254 g/mol. The van der Waals surface area contributed by atoms with E-state index in [9.17, 15) is 9.59 Å². The summed E-state index contributed by atoms with van der Waals surface area (Å²) in [7, 11) is 0. The van der Waals surface area contributed by atoms with Gasteiger partial charge in [0.25, 0.3) is 0 Å². The Hall–Kier alpha value is -2.49. The van der Waals surface area contributed by atoms with Gasteiger partial charge in [-0.15, -0.1) is 0 Å². The molecule has 102 valence electrons. The van der Waals surface area contributed by atoms with E-state index in [-0.39, 0.29) is 17.4 Å². The zero-order chi connectivity index (χ0) is 14.4. The van der Waals surface area contributed by atoms with Gasteiger partial charge in [-0.1, -0.05) is 47.7 Å². The zero-order valence-electron chi connectivity index (χ0n) is 11.2. The Kier molecular flexibility index (Phi) is 4.60. The fourth-order valence-electron chi connectivity index (χ4n) is 1.83. The smallest absolute Gasteiger partial charge is 0.312 e. The summed E-state index contributed by atoms with van der Waals surface area (Å²) >= 11 is 0. The monoisotopic (exact) mass is 269 g/mol. The standard InChI is InChI=1S/C16H15NO3/c1-12(15(18)13-8-4-2-5-9-13)17-20-16(19)14-10-6-3-7-11-14/h2-8,10-11,13H,9H2,1H3/b17-12+. The molecule has 0 bridgehead atoms. The third-order valence-electron chi connectivity index (χ3n) is 2.95. The van der Waals surface area contributed by atoms with Gasteiger partial charge in [0, 0.05) is 5.92 Å². The second-order valence-corrected chi connectivity index (χ2v) is 4.44. The molecule has 4 nitrogen and oxygen atoms in total. The molecule has 0 saturated heterocycles. The van der Waals surface area contributed by atoms with E-state index in [1.54, 1.807) is 37.3 Å². The van der Waals surface area contributed by atoms with Crippen molar-refractivity contribution >= 4 is 17.5 Å². The Labute approximate surface area is 117 Å². The highest BCUT2D eigenvalue weighted by Gasteiger charge is 2.19. The van der Waals surface area contributed by atoms with Crippen molar-refractivity contribution in [3.63, 3.8) is 0 Å². The summed E-state index contributed by atoms with van der Waals surface area (Å²) in [5.41, 5.74) is 0.594. The summed E-state index contributed by atoms with van der Waals surface area (Å²) in [6, 6.07) is 8.53. The predicted molar refractivity (Wildman–Crippen MR) is 76.4 cm³/mol. The fourth-order valence-corrected chi connectivity index (χ4v) is 1.83. The van der Waals surface area contributed by atoms with Gasteiger partial charge in [0.05, 0.1) is 5.56 Å². The maximum atomic E-state index is 12.0. The molecule has 0 radical (unpaired) electrons. The zero-order valence-corrected chi connectivity index (χ0v) is 11.2. The molecule has 0 aromatic heterocycles. The van der Waals surface area contributed by atoms with Crippen molar-refractivity contribution in [1.82, 2.24) is 0 Å². The van der Waals surface area contributed by atoms with Gasteiger partial charge >= 0.3 is 5.97 Å².